The number of hydrogen-bond acceptors (Lipinski definition) is 6. The molecule has 3 unspecified atom stereocenters. The van der Waals surface area contributed by atoms with Crippen molar-refractivity contribution in [1.29, 1.82) is 0 Å². The maximum atomic E-state index is 13.9. The van der Waals surface area contributed by atoms with Gasteiger partial charge in [0.25, 0.3) is 0 Å². The zero-order valence-corrected chi connectivity index (χ0v) is 19.3. The molecule has 3 fully saturated rings. The number of ether oxygens (including phenoxy) is 1. The number of rotatable bonds is 11. The van der Waals surface area contributed by atoms with E-state index < -0.39 is 28.6 Å². The molecule has 3 aliphatic rings. The van der Waals surface area contributed by atoms with Gasteiger partial charge in [0.1, 0.15) is 12.6 Å². The summed E-state index contributed by atoms with van der Waals surface area (Å²) < 4.78 is 4.66. The molecule has 6 atom stereocenters. The molecule has 3 saturated heterocycles. The molecule has 1 N–H and O–H groups in total. The minimum absolute atomic E-state index is 0.0451. The van der Waals surface area contributed by atoms with Gasteiger partial charge >= 0.3 is 5.97 Å². The Labute approximate surface area is 188 Å². The van der Waals surface area contributed by atoms with Crippen LogP contribution in [0.1, 0.15) is 33.1 Å². The van der Waals surface area contributed by atoms with Crippen LogP contribution >= 0.6 is 11.8 Å². The zero-order chi connectivity index (χ0) is 22.8. The lowest BCUT2D eigenvalue weighted by Gasteiger charge is -2.40. The first-order valence-corrected chi connectivity index (χ1v) is 12.0. The Balaban J connectivity index is 2.01. The highest BCUT2D eigenvalue weighted by Crippen LogP contribution is 2.68. The second-order valence-corrected chi connectivity index (χ2v) is 10.2. The van der Waals surface area contributed by atoms with Crippen molar-refractivity contribution in [3.63, 3.8) is 0 Å². The number of thioether (sulfide) groups is 1. The van der Waals surface area contributed by atoms with Gasteiger partial charge in [-0.1, -0.05) is 39.0 Å². The van der Waals surface area contributed by atoms with Crippen molar-refractivity contribution in [2.24, 2.45) is 17.8 Å². The fourth-order valence-corrected chi connectivity index (χ4v) is 8.03. The van der Waals surface area contributed by atoms with Crippen molar-refractivity contribution in [3.05, 3.63) is 25.3 Å². The molecule has 31 heavy (non-hydrogen) atoms. The molecular formula is C23H34N2O5S. The fraction of sp³-hybridized carbons (Fsp3) is 0.696. The number of nitrogens with zero attached hydrogens (tertiary/aromatic N) is 2. The lowest BCUT2D eigenvalue weighted by molar-refractivity contribution is -0.153. The number of amides is 2. The van der Waals surface area contributed by atoms with Gasteiger partial charge in [-0.15, -0.1) is 18.3 Å². The predicted molar refractivity (Wildman–Crippen MR) is 120 cm³/mol. The van der Waals surface area contributed by atoms with Gasteiger partial charge in [0.15, 0.2) is 0 Å². The van der Waals surface area contributed by atoms with Crippen molar-refractivity contribution < 1.29 is 24.2 Å². The summed E-state index contributed by atoms with van der Waals surface area (Å²) in [5.74, 6) is -1.82. The largest absolute Gasteiger partial charge is 0.461 e. The summed E-state index contributed by atoms with van der Waals surface area (Å²) in [4.78, 5) is 43.6. The number of carbonyl (C=O) groups excluding carboxylic acids is 3. The average Bonchev–Trinajstić information content (AvgIpc) is 3.33. The van der Waals surface area contributed by atoms with Gasteiger partial charge in [0.05, 0.1) is 23.2 Å². The van der Waals surface area contributed by atoms with E-state index in [0.717, 1.165) is 19.3 Å². The molecule has 0 aromatic carbocycles. The standard InChI is InChI=1S/C23H34N2O5S/c1-5-8-10-24(9-6-2)21(28)19-23-15(4)14-16(31-23)17(22(29)30-13-7-3)18(23)20(27)25(19)11-12-26/h6-7,15-19,26H,2-3,5,8-14H2,1,4H3/t15?,16-,17+,18-,19?,23?/m0/s1. The monoisotopic (exact) mass is 450 g/mol. The molecule has 7 nitrogen and oxygen atoms in total. The molecule has 2 amide bonds. The minimum Gasteiger partial charge on any atom is -0.461 e. The topological polar surface area (TPSA) is 87.2 Å². The number of aliphatic hydroxyl groups is 1. The SMILES string of the molecule is C=CCOC(=O)[C@@H]1[C@@H]2CC(C)C3(S2)C(C(=O)N(CC=C)CCCC)N(CCO)C(=O)[C@H]13. The first-order chi connectivity index (χ1) is 14.9. The smallest absolute Gasteiger partial charge is 0.311 e. The van der Waals surface area contributed by atoms with Crippen LogP contribution in [-0.2, 0) is 19.1 Å². The molecule has 3 rings (SSSR count). The summed E-state index contributed by atoms with van der Waals surface area (Å²) in [7, 11) is 0. The maximum Gasteiger partial charge on any atom is 0.311 e. The van der Waals surface area contributed by atoms with E-state index in [4.69, 9.17) is 4.74 Å². The van der Waals surface area contributed by atoms with Crippen LogP contribution in [0, 0.1) is 17.8 Å². The highest BCUT2D eigenvalue weighted by molar-refractivity contribution is 8.02. The number of likely N-dealkylation sites (tertiary alicyclic amines) is 1. The number of aliphatic hydroxyl groups excluding tert-OH is 1. The van der Waals surface area contributed by atoms with E-state index in [-0.39, 0.29) is 42.7 Å². The number of hydrogen-bond donors (Lipinski definition) is 1. The summed E-state index contributed by atoms with van der Waals surface area (Å²) >= 11 is 1.61. The normalized spacial score (nSPS) is 33.3. The zero-order valence-electron chi connectivity index (χ0n) is 18.5. The van der Waals surface area contributed by atoms with Gasteiger partial charge < -0.3 is 19.6 Å². The van der Waals surface area contributed by atoms with Gasteiger partial charge in [-0.3, -0.25) is 14.4 Å². The van der Waals surface area contributed by atoms with Crippen LogP contribution in [0.2, 0.25) is 0 Å². The van der Waals surface area contributed by atoms with E-state index in [2.05, 4.69) is 27.0 Å². The van der Waals surface area contributed by atoms with E-state index in [1.54, 1.807) is 22.7 Å². The lowest BCUT2D eigenvalue weighted by atomic mass is 9.66. The third-order valence-electron chi connectivity index (χ3n) is 6.88. The molecular weight excluding hydrogens is 416 g/mol. The summed E-state index contributed by atoms with van der Waals surface area (Å²) in [5.41, 5.74) is 0. The summed E-state index contributed by atoms with van der Waals surface area (Å²) in [5, 5.41) is 9.63. The van der Waals surface area contributed by atoms with Crippen molar-refractivity contribution in [3.8, 4) is 0 Å². The highest BCUT2D eigenvalue weighted by atomic mass is 32.2. The van der Waals surface area contributed by atoms with Crippen LogP contribution < -0.4 is 0 Å². The highest BCUT2D eigenvalue weighted by Gasteiger charge is 2.76. The van der Waals surface area contributed by atoms with Crippen LogP contribution in [0.5, 0.6) is 0 Å². The van der Waals surface area contributed by atoms with E-state index >= 15 is 0 Å². The van der Waals surface area contributed by atoms with E-state index in [0.29, 0.717) is 13.1 Å². The van der Waals surface area contributed by atoms with Gasteiger partial charge in [-0.25, -0.2) is 0 Å². The minimum atomic E-state index is -0.698. The second-order valence-electron chi connectivity index (χ2n) is 8.65. The second kappa shape index (κ2) is 9.77. The van der Waals surface area contributed by atoms with Crippen LogP contribution in [0.25, 0.3) is 0 Å². The van der Waals surface area contributed by atoms with Crippen molar-refractivity contribution in [1.82, 2.24) is 9.80 Å². The predicted octanol–water partition coefficient (Wildman–Crippen LogP) is 1.86. The Kier molecular flexibility index (Phi) is 7.52. The third-order valence-corrected chi connectivity index (χ3v) is 8.95. The Hall–Kier alpha value is -1.80. The van der Waals surface area contributed by atoms with Gasteiger partial charge in [-0.2, -0.15) is 0 Å². The van der Waals surface area contributed by atoms with E-state index in [9.17, 15) is 19.5 Å². The summed E-state index contributed by atoms with van der Waals surface area (Å²) in [6.07, 6.45) is 5.78. The first-order valence-electron chi connectivity index (χ1n) is 11.1. The number of carbonyl (C=O) groups is 3. The van der Waals surface area contributed by atoms with E-state index in [1.807, 2.05) is 0 Å². The van der Waals surface area contributed by atoms with Gasteiger partial charge in [-0.05, 0) is 18.8 Å². The number of β-amino-alcohol motifs (C(OH)–C–C–N with tert-alkyl or cyclic N) is 1. The summed E-state index contributed by atoms with van der Waals surface area (Å²) in [6, 6.07) is -0.698. The first kappa shape index (κ1) is 23.9. The van der Waals surface area contributed by atoms with Crippen LogP contribution in [0.4, 0.5) is 0 Å². The molecule has 0 aromatic rings. The van der Waals surface area contributed by atoms with Crippen molar-refractivity contribution in [2.45, 2.75) is 49.1 Å². The molecule has 1 spiro atoms. The molecule has 3 aliphatic heterocycles. The lowest BCUT2D eigenvalue weighted by Crippen LogP contribution is -2.57. The molecule has 0 radical (unpaired) electrons. The van der Waals surface area contributed by atoms with Gasteiger partial charge in [0.2, 0.25) is 11.8 Å². The molecule has 3 heterocycles. The maximum absolute atomic E-state index is 13.9. The number of esters is 1. The molecule has 0 aliphatic carbocycles. The quantitative estimate of drug-likeness (QED) is 0.382. The molecule has 172 valence electrons. The summed E-state index contributed by atoms with van der Waals surface area (Å²) in [6.45, 7) is 12.5. The fourth-order valence-electron chi connectivity index (χ4n) is 5.62. The van der Waals surface area contributed by atoms with Crippen LogP contribution in [-0.4, -0.2) is 81.6 Å². The average molecular weight is 451 g/mol. The molecule has 8 heteroatoms. The molecule has 0 saturated carbocycles. The third kappa shape index (κ3) is 3.82. The Morgan fingerprint density at radius 2 is 2.13 bits per heavy atom. The number of unbranched alkanes of at least 4 members (excludes halogenated alkanes) is 1. The van der Waals surface area contributed by atoms with Crippen molar-refractivity contribution in [2.75, 3.05) is 32.8 Å². The molecule has 0 aromatic heterocycles. The van der Waals surface area contributed by atoms with Crippen LogP contribution in [0.15, 0.2) is 25.3 Å². The molecule has 2 bridgehead atoms. The van der Waals surface area contributed by atoms with Gasteiger partial charge in [0, 0.05) is 24.9 Å². The Morgan fingerprint density at radius 1 is 1.39 bits per heavy atom. The van der Waals surface area contributed by atoms with Crippen LogP contribution in [0.3, 0.4) is 0 Å². The Bertz CT molecular complexity index is 743. The van der Waals surface area contributed by atoms with E-state index in [1.165, 1.54) is 11.0 Å². The van der Waals surface area contributed by atoms with Crippen molar-refractivity contribution >= 4 is 29.5 Å². The Morgan fingerprint density at radius 3 is 2.74 bits per heavy atom. The number of fused-ring (bicyclic) bond motifs is 1.